The monoisotopic (exact) mass is 492 g/mol. The van der Waals surface area contributed by atoms with Crippen molar-refractivity contribution >= 4 is 11.0 Å². The van der Waals surface area contributed by atoms with Crippen LogP contribution < -0.4 is 4.74 Å². The van der Waals surface area contributed by atoms with E-state index < -0.39 is 5.60 Å². The second kappa shape index (κ2) is 7.95. The number of aromatic nitrogens is 4. The highest BCUT2D eigenvalue weighted by atomic mass is 19.1. The predicted octanol–water partition coefficient (Wildman–Crippen LogP) is 6.36. The molecule has 184 valence electrons. The van der Waals surface area contributed by atoms with Gasteiger partial charge >= 0.3 is 0 Å². The number of hydrogen-bond donors (Lipinski definition) is 1. The number of rotatable bonds is 5. The molecule has 3 heterocycles. The van der Waals surface area contributed by atoms with E-state index in [2.05, 4.69) is 20.6 Å². The maximum absolute atomic E-state index is 15.3. The van der Waals surface area contributed by atoms with E-state index in [4.69, 9.17) is 9.72 Å². The van der Waals surface area contributed by atoms with Crippen LogP contribution in [0, 0.1) is 11.7 Å². The number of hydrogen-bond acceptors (Lipinski definition) is 5. The number of fused-ring (bicyclic) bond motifs is 5. The summed E-state index contributed by atoms with van der Waals surface area (Å²) in [6.45, 7) is 3.24. The van der Waals surface area contributed by atoms with Crippen LogP contribution >= 0.6 is 0 Å². The van der Waals surface area contributed by atoms with Gasteiger partial charge in [0.15, 0.2) is 5.82 Å². The van der Waals surface area contributed by atoms with Crippen LogP contribution in [0.4, 0.5) is 4.39 Å². The highest BCUT2D eigenvalue weighted by Crippen LogP contribution is 2.63. The van der Waals surface area contributed by atoms with Crippen molar-refractivity contribution in [2.75, 3.05) is 0 Å². The van der Waals surface area contributed by atoms with Gasteiger partial charge in [-0.15, -0.1) is 0 Å². The Morgan fingerprint density at radius 1 is 1.00 bits per heavy atom. The first-order chi connectivity index (χ1) is 17.9. The third-order valence-corrected chi connectivity index (χ3v) is 7.38. The van der Waals surface area contributed by atoms with Gasteiger partial charge in [-0.05, 0) is 50.5 Å². The molecule has 0 saturated heterocycles. The van der Waals surface area contributed by atoms with Crippen LogP contribution in [0.2, 0.25) is 0 Å². The van der Waals surface area contributed by atoms with Gasteiger partial charge in [-0.2, -0.15) is 0 Å². The first-order valence-electron chi connectivity index (χ1n) is 12.5. The largest absolute Gasteiger partial charge is 0.457 e. The Bertz CT molecular complexity index is 1640. The zero-order chi connectivity index (χ0) is 25.3. The van der Waals surface area contributed by atoms with Crippen LogP contribution in [0.25, 0.3) is 22.2 Å². The van der Waals surface area contributed by atoms with Crippen molar-refractivity contribution in [3.63, 3.8) is 0 Å². The average Bonchev–Trinajstić information content (AvgIpc) is 3.50. The molecule has 1 N–H and O–H groups in total. The van der Waals surface area contributed by atoms with Gasteiger partial charge in [-0.3, -0.25) is 0 Å². The van der Waals surface area contributed by atoms with Crippen molar-refractivity contribution in [3.05, 3.63) is 102 Å². The summed E-state index contributed by atoms with van der Waals surface area (Å²) >= 11 is 0. The third-order valence-electron chi connectivity index (χ3n) is 7.38. The molecule has 0 amide bonds. The zero-order valence-electron chi connectivity index (χ0n) is 20.5. The molecule has 37 heavy (non-hydrogen) atoms. The maximum Gasteiger partial charge on any atom is 0.159 e. The molecule has 0 radical (unpaired) electrons. The topological polar surface area (TPSA) is 73.1 Å². The molecule has 2 aromatic heterocycles. The van der Waals surface area contributed by atoms with E-state index in [0.717, 1.165) is 34.8 Å². The van der Waals surface area contributed by atoms with Crippen LogP contribution in [0.1, 0.15) is 49.4 Å². The van der Waals surface area contributed by atoms with E-state index in [1.807, 2.05) is 54.6 Å². The van der Waals surface area contributed by atoms with Crippen molar-refractivity contribution in [2.45, 2.75) is 37.8 Å². The fraction of sp³-hybridized carbons (Fsp3) is 0.233. The average molecular weight is 493 g/mol. The molecule has 3 aromatic carbocycles. The predicted molar refractivity (Wildman–Crippen MR) is 138 cm³/mol. The van der Waals surface area contributed by atoms with E-state index in [-0.39, 0.29) is 17.7 Å². The van der Waals surface area contributed by atoms with Crippen LogP contribution in [-0.2, 0) is 5.60 Å². The summed E-state index contributed by atoms with van der Waals surface area (Å²) in [6, 6.07) is 21.3. The normalized spacial score (nSPS) is 20.1. The summed E-state index contributed by atoms with van der Waals surface area (Å²) < 4.78 is 23.8. The van der Waals surface area contributed by atoms with Crippen molar-refractivity contribution in [1.82, 2.24) is 19.5 Å². The lowest BCUT2D eigenvalue weighted by molar-refractivity contribution is 0.0687. The van der Waals surface area contributed by atoms with Gasteiger partial charge < -0.3 is 14.4 Å². The van der Waals surface area contributed by atoms with Crippen LogP contribution in [0.15, 0.2) is 79.1 Å². The van der Waals surface area contributed by atoms with Gasteiger partial charge in [0, 0.05) is 41.1 Å². The van der Waals surface area contributed by atoms with Gasteiger partial charge in [0.1, 0.15) is 28.7 Å². The van der Waals surface area contributed by atoms with Crippen LogP contribution in [-0.4, -0.2) is 24.6 Å². The smallest absolute Gasteiger partial charge is 0.159 e. The standard InChI is InChI=1S/C30H25FN4O2/c1-30(2,36)29-32-15-17(16-33-29)20-13-25-24(14-23(20)31)34-28-22-12-21(22)27(35(25)28)19-10-6-7-11-26(19)37-18-8-4-3-5-9-18/h3-11,13-16,21-22,27,36H,12H2,1-2H3/t21?,22-,27+/m1/s1. The molecule has 1 unspecified atom stereocenters. The molecule has 3 atom stereocenters. The van der Waals surface area contributed by atoms with Gasteiger partial charge in [0.05, 0.1) is 17.1 Å². The van der Waals surface area contributed by atoms with Crippen molar-refractivity contribution < 1.29 is 14.2 Å². The molecule has 7 rings (SSSR count). The summed E-state index contributed by atoms with van der Waals surface area (Å²) in [4.78, 5) is 13.4. The summed E-state index contributed by atoms with van der Waals surface area (Å²) in [7, 11) is 0. The number of ether oxygens (including phenoxy) is 1. The number of nitrogens with zero attached hydrogens (tertiary/aromatic N) is 4. The molecular weight excluding hydrogens is 467 g/mol. The van der Waals surface area contributed by atoms with Crippen LogP contribution in [0.3, 0.4) is 0 Å². The molecule has 1 fully saturated rings. The number of benzene rings is 3. The van der Waals surface area contributed by atoms with E-state index >= 15 is 4.39 Å². The Hall–Kier alpha value is -4.10. The summed E-state index contributed by atoms with van der Waals surface area (Å²) in [5, 5.41) is 10.2. The Kier molecular flexibility index (Phi) is 4.75. The molecule has 7 heteroatoms. The summed E-state index contributed by atoms with van der Waals surface area (Å²) in [5.41, 5.74) is 2.41. The minimum absolute atomic E-state index is 0.0528. The van der Waals surface area contributed by atoms with Crippen molar-refractivity contribution in [2.24, 2.45) is 5.92 Å². The minimum Gasteiger partial charge on any atom is -0.457 e. The first kappa shape index (κ1) is 22.1. The Morgan fingerprint density at radius 2 is 1.73 bits per heavy atom. The molecular formula is C30H25FN4O2. The molecule has 0 spiro atoms. The lowest BCUT2D eigenvalue weighted by Crippen LogP contribution is -2.19. The van der Waals surface area contributed by atoms with Gasteiger partial charge in [-0.25, -0.2) is 19.3 Å². The fourth-order valence-electron chi connectivity index (χ4n) is 5.55. The fourth-order valence-corrected chi connectivity index (χ4v) is 5.55. The molecule has 1 aliphatic carbocycles. The van der Waals surface area contributed by atoms with Crippen molar-refractivity contribution in [1.29, 1.82) is 0 Å². The number of imidazole rings is 1. The van der Waals surface area contributed by atoms with Gasteiger partial charge in [-0.1, -0.05) is 36.4 Å². The lowest BCUT2D eigenvalue weighted by Gasteiger charge is -2.21. The number of para-hydroxylation sites is 2. The van der Waals surface area contributed by atoms with E-state index in [1.165, 1.54) is 6.07 Å². The lowest BCUT2D eigenvalue weighted by atomic mass is 10.0. The molecule has 5 aromatic rings. The van der Waals surface area contributed by atoms with Crippen molar-refractivity contribution in [3.8, 4) is 22.6 Å². The highest BCUT2D eigenvalue weighted by Gasteiger charge is 2.55. The molecule has 0 bridgehead atoms. The Balaban J connectivity index is 1.34. The molecule has 1 saturated carbocycles. The number of halogens is 1. The molecule has 2 aliphatic rings. The van der Waals surface area contributed by atoms with Crippen LogP contribution in [0.5, 0.6) is 11.5 Å². The third kappa shape index (κ3) is 3.61. The number of aliphatic hydroxyl groups is 1. The van der Waals surface area contributed by atoms with E-state index in [1.54, 1.807) is 26.2 Å². The maximum atomic E-state index is 15.3. The second-order valence-corrected chi connectivity index (χ2v) is 10.4. The minimum atomic E-state index is -1.17. The summed E-state index contributed by atoms with van der Waals surface area (Å²) in [6.07, 6.45) is 4.18. The quantitative estimate of drug-likeness (QED) is 0.309. The van der Waals surface area contributed by atoms with E-state index in [9.17, 15) is 5.11 Å². The summed E-state index contributed by atoms with van der Waals surface area (Å²) in [5.74, 6) is 3.33. The molecule has 1 aliphatic heterocycles. The van der Waals surface area contributed by atoms with E-state index in [0.29, 0.717) is 28.5 Å². The SMILES string of the molecule is CC(C)(O)c1ncc(-c2cc3c(cc2F)nc2n3[C@@H](c3ccccc3Oc3ccccc3)C3C[C@@H]23)cn1. The van der Waals surface area contributed by atoms with Gasteiger partial charge in [0.25, 0.3) is 0 Å². The Morgan fingerprint density at radius 3 is 2.49 bits per heavy atom. The van der Waals surface area contributed by atoms with Gasteiger partial charge in [0.2, 0.25) is 0 Å². The zero-order valence-corrected chi connectivity index (χ0v) is 20.5. The molecule has 6 nitrogen and oxygen atoms in total. The Labute approximate surface area is 213 Å². The highest BCUT2D eigenvalue weighted by molar-refractivity contribution is 5.84. The first-order valence-corrected chi connectivity index (χ1v) is 12.5. The second-order valence-electron chi connectivity index (χ2n) is 10.4.